The quantitative estimate of drug-likeness (QED) is 0.105. The number of anilines is 6. The van der Waals surface area contributed by atoms with E-state index in [1.165, 1.54) is 159 Å². The number of benzene rings is 17. The highest BCUT2D eigenvalue weighted by Gasteiger charge is 2.47. The van der Waals surface area contributed by atoms with Crippen molar-refractivity contribution in [2.75, 3.05) is 9.80 Å². The zero-order valence-electron chi connectivity index (χ0n) is 75.0. The van der Waals surface area contributed by atoms with Crippen LogP contribution in [0.15, 0.2) is 322 Å². The largest absolute Gasteiger partial charge is 0.310 e. The van der Waals surface area contributed by atoms with E-state index in [2.05, 4.69) is 467 Å². The lowest BCUT2D eigenvalue weighted by molar-refractivity contribution is 0.569. The van der Waals surface area contributed by atoms with E-state index in [9.17, 15) is 0 Å². The highest BCUT2D eigenvalue weighted by Crippen LogP contribution is 2.57. The minimum absolute atomic E-state index is 0.0697. The van der Waals surface area contributed by atoms with Gasteiger partial charge in [-0.25, -0.2) is 0 Å². The second kappa shape index (κ2) is 28.7. The zero-order chi connectivity index (χ0) is 85.5. The van der Waals surface area contributed by atoms with Gasteiger partial charge < -0.3 is 14.4 Å². The average molecular weight is 1590 g/mol. The molecule has 0 N–H and O–H groups in total. The van der Waals surface area contributed by atoms with Crippen molar-refractivity contribution in [3.63, 3.8) is 0 Å². The Morgan fingerprint density at radius 2 is 0.577 bits per heavy atom. The van der Waals surface area contributed by atoms with Crippen molar-refractivity contribution in [2.24, 2.45) is 0 Å². The minimum atomic E-state index is -0.373. The number of rotatable bonds is 9. The number of fused-ring (bicyclic) bond motifs is 13. The maximum Gasteiger partial charge on any atom is 0.252 e. The lowest BCUT2D eigenvalue weighted by Gasteiger charge is -2.47. The van der Waals surface area contributed by atoms with Crippen LogP contribution in [0.4, 0.5) is 34.1 Å². The summed E-state index contributed by atoms with van der Waals surface area (Å²) in [5.74, 6) is 0. The fourth-order valence-electron chi connectivity index (χ4n) is 19.8. The van der Waals surface area contributed by atoms with Crippen LogP contribution in [-0.2, 0) is 32.5 Å². The topological polar surface area (TPSA) is 11.4 Å². The van der Waals surface area contributed by atoms with Gasteiger partial charge in [-0.1, -0.05) is 355 Å². The molecule has 0 amide bonds. The number of para-hydroxylation sites is 2. The lowest BCUT2D eigenvalue weighted by atomic mass is 9.33. The van der Waals surface area contributed by atoms with Crippen molar-refractivity contribution in [3.05, 3.63) is 360 Å². The Morgan fingerprint density at radius 1 is 0.220 bits per heavy atom. The molecule has 17 aromatic carbocycles. The second-order valence-corrected chi connectivity index (χ2v) is 41.5. The van der Waals surface area contributed by atoms with Gasteiger partial charge in [0, 0.05) is 61.5 Å². The lowest BCUT2D eigenvalue weighted by Crippen LogP contribution is -2.61. The van der Waals surface area contributed by atoms with E-state index >= 15 is 0 Å². The summed E-state index contributed by atoms with van der Waals surface area (Å²) in [6.45, 7) is 44.7. The van der Waals surface area contributed by atoms with Crippen molar-refractivity contribution < 1.29 is 0 Å². The van der Waals surface area contributed by atoms with Gasteiger partial charge in [0.1, 0.15) is 0 Å². The van der Waals surface area contributed by atoms with E-state index in [0.717, 1.165) is 67.5 Å². The smallest absolute Gasteiger partial charge is 0.252 e. The van der Waals surface area contributed by atoms with Crippen molar-refractivity contribution in [2.45, 2.75) is 164 Å². The fraction of sp³-hybridized carbons (Fsp3) is 0.210. The Labute approximate surface area is 728 Å². The highest BCUT2D eigenvalue weighted by atomic mass is 15.2. The molecule has 3 nitrogen and oxygen atoms in total. The van der Waals surface area contributed by atoms with Crippen molar-refractivity contribution >= 4 is 122 Å². The maximum atomic E-state index is 2.80. The summed E-state index contributed by atoms with van der Waals surface area (Å²) in [5.41, 5.74) is 36.2. The Bertz CT molecular complexity index is 7100. The number of aryl methyl sites for hydroxylation is 1. The first-order valence-electron chi connectivity index (χ1n) is 44.4. The van der Waals surface area contributed by atoms with Crippen molar-refractivity contribution in [3.8, 4) is 72.4 Å². The van der Waals surface area contributed by atoms with Crippen LogP contribution in [0.25, 0.3) is 137 Å². The predicted molar refractivity (Wildman–Crippen MR) is 534 cm³/mol. The van der Waals surface area contributed by atoms with E-state index in [0.29, 0.717) is 0 Å². The Morgan fingerprint density at radius 3 is 1.05 bits per heavy atom. The molecule has 0 radical (unpaired) electrons. The molecule has 3 heterocycles. The predicted octanol–water partition coefficient (Wildman–Crippen LogP) is 31.6. The van der Waals surface area contributed by atoms with Gasteiger partial charge in [-0.05, 0) is 273 Å². The third kappa shape index (κ3) is 13.7. The number of hydrogen-bond donors (Lipinski definition) is 0. The fourth-order valence-corrected chi connectivity index (χ4v) is 19.8. The average Bonchev–Trinajstić information content (AvgIpc) is 1.63. The molecule has 0 fully saturated rings. The standard InChI is InChI=1S/C119H110BN3/c1-73-59-98(83-45-54-95-81(61-83)39-37-74-29-23-25-33-93(74)95)112(99(60-73)84-46-55-96-82(62-84)40-38-75-30-24-26-34-94(75)96)122-107-66-79(78-49-58-106-102(65-78)97-35-27-28-36-105(97)121(106)92-31-21-20-22-32-92)47-56-103(107)120-104-57-48-80(85-63-88(116(8,9)10)68-89(64-85)117(11,12)13)67-108(104)123(110-72-91(119(17,18)19)71-109(122)111(110)120)113-100(76-41-50-86(51-42-76)114(2,3)4)69-90(118(14,15)16)70-101(113)77-43-52-87(53-44-77)115(5,6)7/h20-72H,1-19H3. The second-order valence-electron chi connectivity index (χ2n) is 41.5. The zero-order valence-corrected chi connectivity index (χ0v) is 75.0. The third-order valence-corrected chi connectivity index (χ3v) is 26.9. The monoisotopic (exact) mass is 1590 g/mol. The summed E-state index contributed by atoms with van der Waals surface area (Å²) in [5, 5.41) is 12.3. The van der Waals surface area contributed by atoms with Crippen LogP contribution in [0.3, 0.4) is 0 Å². The van der Waals surface area contributed by atoms with E-state index in [-0.39, 0.29) is 39.2 Å². The first-order valence-corrected chi connectivity index (χ1v) is 44.4. The molecular weight excluding hydrogens is 1480 g/mol. The van der Waals surface area contributed by atoms with Crippen LogP contribution in [0.1, 0.15) is 164 Å². The van der Waals surface area contributed by atoms with Gasteiger partial charge in [0.2, 0.25) is 0 Å². The van der Waals surface area contributed by atoms with Crippen LogP contribution in [0, 0.1) is 6.92 Å². The molecule has 0 bridgehead atoms. The Kier molecular flexibility index (Phi) is 18.4. The van der Waals surface area contributed by atoms with Gasteiger partial charge in [-0.15, -0.1) is 0 Å². The molecule has 0 atom stereocenters. The molecule has 4 heteroatoms. The third-order valence-electron chi connectivity index (χ3n) is 26.9. The molecule has 0 spiro atoms. The Hall–Kier alpha value is -12.8. The molecule has 123 heavy (non-hydrogen) atoms. The maximum absolute atomic E-state index is 2.80. The van der Waals surface area contributed by atoms with Gasteiger partial charge in [0.05, 0.1) is 22.4 Å². The number of aromatic nitrogens is 1. The molecule has 0 saturated heterocycles. The summed E-state index contributed by atoms with van der Waals surface area (Å²) in [6, 6.07) is 126. The molecule has 0 saturated carbocycles. The summed E-state index contributed by atoms with van der Waals surface area (Å²) in [4.78, 5) is 5.58. The van der Waals surface area contributed by atoms with Crippen molar-refractivity contribution in [1.29, 1.82) is 0 Å². The molecule has 18 aromatic rings. The molecule has 0 aliphatic carbocycles. The molecule has 1 aromatic heterocycles. The molecule has 20 rings (SSSR count). The number of hydrogen-bond acceptors (Lipinski definition) is 2. The summed E-state index contributed by atoms with van der Waals surface area (Å²) in [6.07, 6.45) is 0. The van der Waals surface area contributed by atoms with Crippen LogP contribution in [-0.4, -0.2) is 11.3 Å². The highest BCUT2D eigenvalue weighted by molar-refractivity contribution is 7.00. The molecule has 2 aliphatic rings. The minimum Gasteiger partial charge on any atom is -0.310 e. The van der Waals surface area contributed by atoms with Crippen LogP contribution in [0.2, 0.25) is 0 Å². The van der Waals surface area contributed by atoms with E-state index in [4.69, 9.17) is 0 Å². The summed E-state index contributed by atoms with van der Waals surface area (Å²) < 4.78 is 2.44. The van der Waals surface area contributed by atoms with Gasteiger partial charge >= 0.3 is 0 Å². The van der Waals surface area contributed by atoms with Gasteiger partial charge in [-0.2, -0.15) is 0 Å². The molecule has 0 unspecified atom stereocenters. The van der Waals surface area contributed by atoms with Crippen molar-refractivity contribution in [1.82, 2.24) is 4.57 Å². The van der Waals surface area contributed by atoms with Crippen LogP contribution < -0.4 is 26.2 Å². The van der Waals surface area contributed by atoms with Crippen LogP contribution >= 0.6 is 0 Å². The van der Waals surface area contributed by atoms with Gasteiger partial charge in [-0.3, -0.25) is 0 Å². The van der Waals surface area contributed by atoms with E-state index in [1.54, 1.807) is 0 Å². The summed E-state index contributed by atoms with van der Waals surface area (Å²) in [7, 11) is 0. The molecule has 604 valence electrons. The number of nitrogens with zero attached hydrogens (tertiary/aromatic N) is 3. The van der Waals surface area contributed by atoms with E-state index in [1.807, 2.05) is 0 Å². The van der Waals surface area contributed by atoms with E-state index < -0.39 is 0 Å². The Balaban J connectivity index is 0.954. The SMILES string of the molecule is Cc1cc(-c2ccc3c(ccc4ccccc43)c2)c(N2c3cc(-c4ccc5c(c4)c4ccccc4n5-c4ccccc4)ccc3B3c4ccc(-c5cc(C(C)(C)C)cc(C(C)(C)C)c5)cc4N(c4c(-c5ccc(C(C)(C)C)cc5)cc(C(C)(C)C)cc4-c4ccc(C(C)(C)C)cc4)c4cc(C(C)(C)C)cc2c43)c(-c2ccc3c(ccc4ccccc43)c2)c1. The first kappa shape index (κ1) is 78.8. The normalized spacial score (nSPS) is 13.3. The summed E-state index contributed by atoms with van der Waals surface area (Å²) >= 11 is 0. The van der Waals surface area contributed by atoms with Crippen LogP contribution in [0.5, 0.6) is 0 Å². The van der Waals surface area contributed by atoms with Gasteiger partial charge in [0.15, 0.2) is 0 Å². The first-order chi connectivity index (χ1) is 58.7. The molecule has 2 aliphatic heterocycles. The van der Waals surface area contributed by atoms with Gasteiger partial charge in [0.25, 0.3) is 6.71 Å². The molecular formula is C119H110BN3.